The summed E-state index contributed by atoms with van der Waals surface area (Å²) in [5.74, 6) is -1.50. The van der Waals surface area contributed by atoms with Crippen LogP contribution in [0.1, 0.15) is 5.56 Å². The molecule has 114 valence electrons. The van der Waals surface area contributed by atoms with Crippen molar-refractivity contribution >= 4 is 34.4 Å². The summed E-state index contributed by atoms with van der Waals surface area (Å²) < 4.78 is 27.9. The van der Waals surface area contributed by atoms with Gasteiger partial charge in [-0.2, -0.15) is 4.99 Å². The van der Waals surface area contributed by atoms with Gasteiger partial charge in [0.05, 0.1) is 5.16 Å². The van der Waals surface area contributed by atoms with Crippen molar-refractivity contribution in [2.75, 3.05) is 0 Å². The zero-order chi connectivity index (χ0) is 16.4. The van der Waals surface area contributed by atoms with E-state index in [1.54, 1.807) is 0 Å². The summed E-state index contributed by atoms with van der Waals surface area (Å²) in [7, 11) is 0. The lowest BCUT2D eigenvalue weighted by molar-refractivity contribution is 0.588. The normalized spacial score (nSPS) is 10.4. The van der Waals surface area contributed by atoms with E-state index >= 15 is 0 Å². The molecule has 0 atom stereocenters. The fraction of sp³-hybridized carbons (Fsp3) is 0.0556. The monoisotopic (exact) mass is 343 g/mol. The maximum atomic E-state index is 13.9. The summed E-state index contributed by atoms with van der Waals surface area (Å²) >= 11 is 5.88. The topological polar surface area (TPSA) is 12.4 Å². The molecule has 23 heavy (non-hydrogen) atoms. The third-order valence-electron chi connectivity index (χ3n) is 3.40. The lowest BCUT2D eigenvalue weighted by Gasteiger charge is -2.02. The van der Waals surface area contributed by atoms with Gasteiger partial charge in [-0.25, -0.2) is 8.78 Å². The number of thiocarbonyl (C=S) groups is 1. The van der Waals surface area contributed by atoms with Crippen LogP contribution < -0.4 is 0 Å². The zero-order valence-corrected chi connectivity index (χ0v) is 13.8. The van der Waals surface area contributed by atoms with E-state index in [0.29, 0.717) is 5.56 Å². The van der Waals surface area contributed by atoms with Crippen LogP contribution in [0.2, 0.25) is 0 Å². The molecule has 0 saturated heterocycles. The third-order valence-corrected chi connectivity index (χ3v) is 4.68. The van der Waals surface area contributed by atoms with Crippen molar-refractivity contribution in [3.05, 3.63) is 65.7 Å². The van der Waals surface area contributed by atoms with Crippen molar-refractivity contribution in [2.45, 2.75) is 6.92 Å². The number of hydrogen-bond acceptors (Lipinski definition) is 3. The van der Waals surface area contributed by atoms with Crippen molar-refractivity contribution in [1.82, 2.24) is 0 Å². The summed E-state index contributed by atoms with van der Waals surface area (Å²) in [6.07, 6.45) is 0. The number of aryl methyl sites for hydroxylation is 1. The molecule has 5 heteroatoms. The highest BCUT2D eigenvalue weighted by Crippen LogP contribution is 2.36. The van der Waals surface area contributed by atoms with Crippen molar-refractivity contribution in [3.63, 3.8) is 0 Å². The Labute approximate surface area is 142 Å². The number of aliphatic imine (C=N–C) groups is 1. The average Bonchev–Trinajstić information content (AvgIpc) is 3.01. The highest BCUT2D eigenvalue weighted by atomic mass is 32.1. The van der Waals surface area contributed by atoms with Gasteiger partial charge in [0.25, 0.3) is 0 Å². The number of halogens is 2. The van der Waals surface area contributed by atoms with Crippen LogP contribution in [0, 0.1) is 18.6 Å². The van der Waals surface area contributed by atoms with Gasteiger partial charge in [-0.3, -0.25) is 0 Å². The van der Waals surface area contributed by atoms with Gasteiger partial charge in [-0.1, -0.05) is 29.8 Å². The van der Waals surface area contributed by atoms with E-state index in [9.17, 15) is 8.78 Å². The molecule has 0 radical (unpaired) electrons. The number of nitrogens with zero attached hydrogens (tertiary/aromatic N) is 1. The number of thiophene rings is 1. The van der Waals surface area contributed by atoms with Crippen molar-refractivity contribution in [2.24, 2.45) is 4.99 Å². The van der Waals surface area contributed by atoms with Crippen LogP contribution in [0.15, 0.2) is 53.5 Å². The highest BCUT2D eigenvalue weighted by molar-refractivity contribution is 7.78. The Bertz CT molecular complexity index is 884. The Morgan fingerprint density at radius 3 is 2.04 bits per heavy atom. The molecule has 0 amide bonds. The van der Waals surface area contributed by atoms with E-state index < -0.39 is 17.3 Å². The maximum absolute atomic E-state index is 13.9. The van der Waals surface area contributed by atoms with Crippen molar-refractivity contribution in [1.29, 1.82) is 0 Å². The molecular formula is C18H11F2NS2. The minimum absolute atomic E-state index is 0.404. The first kappa shape index (κ1) is 15.7. The van der Waals surface area contributed by atoms with Crippen molar-refractivity contribution in [3.8, 4) is 20.9 Å². The SMILES string of the molecule is Cc1ccc(-c2ccc(-c3cc(F)c(N=C=S)c(F)c3)s2)cc1. The van der Waals surface area contributed by atoms with Gasteiger partial charge in [0.15, 0.2) is 11.6 Å². The van der Waals surface area contributed by atoms with Gasteiger partial charge in [-0.05, 0) is 54.5 Å². The van der Waals surface area contributed by atoms with Gasteiger partial charge < -0.3 is 0 Å². The molecule has 0 N–H and O–H groups in total. The molecule has 3 aromatic rings. The predicted octanol–water partition coefficient (Wildman–Crippen LogP) is 6.40. The van der Waals surface area contributed by atoms with Crippen LogP contribution in [-0.2, 0) is 0 Å². The van der Waals surface area contributed by atoms with Gasteiger partial charge in [0.2, 0.25) is 0 Å². The molecule has 1 heterocycles. The second kappa shape index (κ2) is 6.50. The van der Waals surface area contributed by atoms with E-state index in [4.69, 9.17) is 0 Å². The van der Waals surface area contributed by atoms with E-state index in [0.717, 1.165) is 15.3 Å². The average molecular weight is 343 g/mol. The first-order valence-corrected chi connectivity index (χ1v) is 8.05. The van der Waals surface area contributed by atoms with Crippen LogP contribution in [0.5, 0.6) is 0 Å². The number of isothiocyanates is 1. The molecule has 0 aliphatic rings. The molecule has 0 unspecified atom stereocenters. The standard InChI is InChI=1S/C18H11F2NS2/c1-11-2-4-12(5-3-11)16-6-7-17(23-16)13-8-14(19)18(21-10-22)15(20)9-13/h2-9H,1H3. The predicted molar refractivity (Wildman–Crippen MR) is 94.5 cm³/mol. The fourth-order valence-electron chi connectivity index (χ4n) is 2.23. The smallest absolute Gasteiger partial charge is 0.153 e. The zero-order valence-electron chi connectivity index (χ0n) is 12.1. The summed E-state index contributed by atoms with van der Waals surface area (Å²) in [5, 5.41) is 1.99. The summed E-state index contributed by atoms with van der Waals surface area (Å²) in [6.45, 7) is 2.03. The number of rotatable bonds is 3. The lowest BCUT2D eigenvalue weighted by Crippen LogP contribution is -1.85. The lowest BCUT2D eigenvalue weighted by atomic mass is 10.1. The third kappa shape index (κ3) is 3.27. The summed E-state index contributed by atoms with van der Waals surface area (Å²) in [4.78, 5) is 5.25. The second-order valence-corrected chi connectivity index (χ2v) is 6.29. The van der Waals surface area contributed by atoms with Crippen LogP contribution in [0.25, 0.3) is 20.9 Å². The Morgan fingerprint density at radius 2 is 1.48 bits per heavy atom. The molecule has 0 bridgehead atoms. The van der Waals surface area contributed by atoms with Crippen LogP contribution in [-0.4, -0.2) is 5.16 Å². The van der Waals surface area contributed by atoms with E-state index in [-0.39, 0.29) is 0 Å². The maximum Gasteiger partial charge on any atom is 0.153 e. The highest BCUT2D eigenvalue weighted by Gasteiger charge is 2.13. The molecule has 1 nitrogen and oxygen atoms in total. The van der Waals surface area contributed by atoms with Gasteiger partial charge in [0, 0.05) is 9.75 Å². The van der Waals surface area contributed by atoms with E-state index in [2.05, 4.69) is 17.2 Å². The number of benzene rings is 2. The minimum Gasteiger partial charge on any atom is -0.204 e. The summed E-state index contributed by atoms with van der Waals surface area (Å²) in [5.41, 5.74) is 2.34. The van der Waals surface area contributed by atoms with Crippen LogP contribution >= 0.6 is 23.6 Å². The molecule has 0 aliphatic heterocycles. The van der Waals surface area contributed by atoms with Crippen LogP contribution in [0.3, 0.4) is 0 Å². The minimum atomic E-state index is -0.748. The molecular weight excluding hydrogens is 332 g/mol. The van der Waals surface area contributed by atoms with E-state index in [1.165, 1.54) is 29.0 Å². The first-order chi connectivity index (χ1) is 11.1. The molecule has 0 aliphatic carbocycles. The molecule has 0 fully saturated rings. The Hall–Kier alpha value is -2.20. The first-order valence-electron chi connectivity index (χ1n) is 6.82. The molecule has 3 rings (SSSR count). The van der Waals surface area contributed by atoms with Crippen LogP contribution in [0.4, 0.5) is 14.5 Å². The fourth-order valence-corrected chi connectivity index (χ4v) is 3.32. The molecule has 0 saturated carbocycles. The Kier molecular flexibility index (Phi) is 4.44. The number of hydrogen-bond donors (Lipinski definition) is 0. The van der Waals surface area contributed by atoms with Gasteiger partial charge in [-0.15, -0.1) is 11.3 Å². The van der Waals surface area contributed by atoms with Gasteiger partial charge >= 0.3 is 0 Å². The molecule has 0 spiro atoms. The quantitative estimate of drug-likeness (QED) is 0.396. The largest absolute Gasteiger partial charge is 0.204 e. The Balaban J connectivity index is 2.00. The molecule has 2 aromatic carbocycles. The molecule has 1 aromatic heterocycles. The Morgan fingerprint density at radius 1 is 0.913 bits per heavy atom. The van der Waals surface area contributed by atoms with E-state index in [1.807, 2.05) is 48.5 Å². The van der Waals surface area contributed by atoms with Crippen molar-refractivity contribution < 1.29 is 8.78 Å². The summed E-state index contributed by atoms with van der Waals surface area (Å²) in [6, 6.07) is 14.5. The van der Waals surface area contributed by atoms with Gasteiger partial charge in [0.1, 0.15) is 5.69 Å². The second-order valence-electron chi connectivity index (χ2n) is 5.02.